The third-order valence-electron chi connectivity index (χ3n) is 10.1. The zero-order valence-corrected chi connectivity index (χ0v) is 31.2. The van der Waals surface area contributed by atoms with Crippen LogP contribution in [0.4, 0.5) is 34.1 Å². The summed E-state index contributed by atoms with van der Waals surface area (Å²) in [6, 6.07) is 59.3. The number of nitrogens with zero attached hydrogens (tertiary/aromatic N) is 3. The number of benzene rings is 7. The predicted molar refractivity (Wildman–Crippen MR) is 235 cm³/mol. The van der Waals surface area contributed by atoms with E-state index in [9.17, 15) is 0 Å². The Morgan fingerprint density at radius 3 is 1.57 bits per heavy atom. The smallest absolute Gasteiger partial charge is 0.0555 e. The highest BCUT2D eigenvalue weighted by molar-refractivity contribution is 7.20. The molecule has 0 unspecified atom stereocenters. The fourth-order valence-corrected chi connectivity index (χ4v) is 8.86. The van der Waals surface area contributed by atoms with Crippen LogP contribution >= 0.6 is 11.3 Å². The monoisotopic (exact) mass is 713 g/mol. The maximum absolute atomic E-state index is 4.16. The van der Waals surface area contributed by atoms with Crippen LogP contribution in [-0.4, -0.2) is 4.57 Å². The van der Waals surface area contributed by atoms with Crippen LogP contribution in [0, 0.1) is 13.8 Å². The van der Waals surface area contributed by atoms with Crippen LogP contribution in [0.3, 0.4) is 0 Å². The minimum absolute atomic E-state index is 1.05. The fourth-order valence-electron chi connectivity index (χ4n) is 7.79. The van der Waals surface area contributed by atoms with Gasteiger partial charge >= 0.3 is 0 Å². The van der Waals surface area contributed by atoms with E-state index in [0.717, 1.165) is 61.3 Å². The second-order valence-corrected chi connectivity index (χ2v) is 14.8. The van der Waals surface area contributed by atoms with Gasteiger partial charge in [0.15, 0.2) is 0 Å². The molecule has 0 fully saturated rings. The number of para-hydroxylation sites is 3. The second-order valence-electron chi connectivity index (χ2n) is 13.7. The van der Waals surface area contributed by atoms with Gasteiger partial charge in [-0.05, 0) is 115 Å². The molecular formula is C50H39N3S. The van der Waals surface area contributed by atoms with Gasteiger partial charge in [0.2, 0.25) is 0 Å². The summed E-state index contributed by atoms with van der Waals surface area (Å²) in [6.07, 6.45) is 3.91. The van der Waals surface area contributed by atoms with Crippen molar-refractivity contribution in [3.63, 3.8) is 0 Å². The highest BCUT2D eigenvalue weighted by Gasteiger charge is 2.22. The molecule has 0 atom stereocenters. The van der Waals surface area contributed by atoms with E-state index >= 15 is 0 Å². The van der Waals surface area contributed by atoms with Gasteiger partial charge in [0.1, 0.15) is 0 Å². The summed E-state index contributed by atoms with van der Waals surface area (Å²) in [5.74, 6) is 0. The number of aryl methyl sites for hydroxylation is 2. The van der Waals surface area contributed by atoms with E-state index in [1.165, 1.54) is 32.0 Å². The molecule has 54 heavy (non-hydrogen) atoms. The Labute approximate surface area is 320 Å². The lowest BCUT2D eigenvalue weighted by molar-refractivity contribution is 1.16. The third kappa shape index (κ3) is 5.78. The third-order valence-corrected chi connectivity index (χ3v) is 11.3. The molecule has 3 nitrogen and oxygen atoms in total. The average Bonchev–Trinajstić information content (AvgIpc) is 3.72. The number of fused-ring (bicyclic) bond motifs is 4. The van der Waals surface area contributed by atoms with Gasteiger partial charge in [0.25, 0.3) is 0 Å². The fraction of sp³-hybridized carbons (Fsp3) is 0.0400. The summed E-state index contributed by atoms with van der Waals surface area (Å²) in [7, 11) is 0. The van der Waals surface area contributed by atoms with Gasteiger partial charge in [-0.3, -0.25) is 0 Å². The summed E-state index contributed by atoms with van der Waals surface area (Å²) < 4.78 is 3.65. The van der Waals surface area contributed by atoms with E-state index in [2.05, 4.69) is 205 Å². The van der Waals surface area contributed by atoms with Gasteiger partial charge in [-0.15, -0.1) is 11.3 Å². The quantitative estimate of drug-likeness (QED) is 0.148. The lowest BCUT2D eigenvalue weighted by Crippen LogP contribution is -2.14. The Hall–Kier alpha value is -6.62. The minimum Gasteiger partial charge on any atom is -0.310 e. The van der Waals surface area contributed by atoms with Crippen molar-refractivity contribution in [2.75, 3.05) is 9.80 Å². The number of rotatable bonds is 9. The van der Waals surface area contributed by atoms with E-state index in [0.29, 0.717) is 0 Å². The number of hydrogen-bond donors (Lipinski definition) is 0. The molecule has 0 bridgehead atoms. The summed E-state index contributed by atoms with van der Waals surface area (Å²) in [6.45, 7) is 12.6. The highest BCUT2D eigenvalue weighted by atomic mass is 32.1. The summed E-state index contributed by atoms with van der Waals surface area (Å²) >= 11 is 1.77. The topological polar surface area (TPSA) is 11.4 Å². The van der Waals surface area contributed by atoms with Crippen molar-refractivity contribution < 1.29 is 0 Å². The largest absolute Gasteiger partial charge is 0.310 e. The first-order valence-corrected chi connectivity index (χ1v) is 19.1. The molecule has 260 valence electrons. The van der Waals surface area contributed by atoms with E-state index in [1.807, 2.05) is 12.2 Å². The maximum Gasteiger partial charge on any atom is 0.0555 e. The van der Waals surface area contributed by atoms with Crippen molar-refractivity contribution >= 4 is 89.5 Å². The Bertz CT molecular complexity index is 2740. The zero-order valence-electron chi connectivity index (χ0n) is 30.4. The zero-order chi connectivity index (χ0) is 36.8. The molecule has 0 aliphatic carbocycles. The molecule has 0 radical (unpaired) electrons. The van der Waals surface area contributed by atoms with E-state index < -0.39 is 0 Å². The molecule has 2 aromatic heterocycles. The van der Waals surface area contributed by atoms with Crippen LogP contribution in [0.5, 0.6) is 0 Å². The van der Waals surface area contributed by atoms with Crippen molar-refractivity contribution in [1.82, 2.24) is 4.57 Å². The molecule has 0 amide bonds. The van der Waals surface area contributed by atoms with Gasteiger partial charge in [0, 0.05) is 48.5 Å². The lowest BCUT2D eigenvalue weighted by atomic mass is 10.1. The van der Waals surface area contributed by atoms with Crippen molar-refractivity contribution in [3.8, 4) is 5.69 Å². The molecule has 7 aromatic carbocycles. The van der Waals surface area contributed by atoms with Gasteiger partial charge in [-0.1, -0.05) is 104 Å². The van der Waals surface area contributed by atoms with E-state index in [1.54, 1.807) is 11.3 Å². The predicted octanol–water partition coefficient (Wildman–Crippen LogP) is 14.8. The van der Waals surface area contributed by atoms with Crippen molar-refractivity contribution in [2.45, 2.75) is 13.8 Å². The normalized spacial score (nSPS) is 11.3. The molecule has 0 aliphatic rings. The van der Waals surface area contributed by atoms with Crippen LogP contribution in [0.1, 0.15) is 21.6 Å². The maximum atomic E-state index is 4.16. The molecule has 0 saturated heterocycles. The first-order valence-electron chi connectivity index (χ1n) is 18.2. The summed E-state index contributed by atoms with van der Waals surface area (Å²) in [4.78, 5) is 5.88. The van der Waals surface area contributed by atoms with Crippen LogP contribution in [0.2, 0.25) is 0 Å². The molecule has 0 saturated carbocycles. The van der Waals surface area contributed by atoms with Gasteiger partial charge < -0.3 is 14.4 Å². The molecule has 9 rings (SSSR count). The van der Waals surface area contributed by atoms with E-state index in [4.69, 9.17) is 0 Å². The number of aromatic nitrogens is 1. The lowest BCUT2D eigenvalue weighted by Gasteiger charge is -2.30. The van der Waals surface area contributed by atoms with E-state index in [-0.39, 0.29) is 0 Å². The first-order chi connectivity index (χ1) is 26.5. The van der Waals surface area contributed by atoms with Crippen LogP contribution < -0.4 is 9.80 Å². The SMILES string of the molecule is C=Cc1sc2cc3c(cc2c1C=C)c1ccccc1n3-c1cc(N(c2ccccc2)c2cccc(C)c2)cc(N(c2ccccc2)c2cccc(C)c2)c1. The molecule has 0 spiro atoms. The molecule has 2 heterocycles. The Morgan fingerprint density at radius 2 is 1.02 bits per heavy atom. The average molecular weight is 714 g/mol. The Balaban J connectivity index is 1.40. The molecule has 4 heteroatoms. The molecule has 0 N–H and O–H groups in total. The summed E-state index contributed by atoms with van der Waals surface area (Å²) in [5, 5.41) is 3.62. The van der Waals surface area contributed by atoms with Crippen molar-refractivity contribution in [3.05, 3.63) is 199 Å². The van der Waals surface area contributed by atoms with Gasteiger partial charge in [0.05, 0.1) is 28.1 Å². The van der Waals surface area contributed by atoms with Crippen LogP contribution in [-0.2, 0) is 0 Å². The minimum atomic E-state index is 1.05. The second kappa shape index (κ2) is 13.7. The van der Waals surface area contributed by atoms with Crippen molar-refractivity contribution in [2.24, 2.45) is 0 Å². The number of hydrogen-bond acceptors (Lipinski definition) is 3. The summed E-state index contributed by atoms with van der Waals surface area (Å²) in [5.41, 5.74) is 13.4. The van der Waals surface area contributed by atoms with Gasteiger partial charge in [-0.2, -0.15) is 0 Å². The van der Waals surface area contributed by atoms with Crippen LogP contribution in [0.25, 0.3) is 49.7 Å². The number of anilines is 6. The van der Waals surface area contributed by atoms with Gasteiger partial charge in [-0.25, -0.2) is 0 Å². The van der Waals surface area contributed by atoms with Crippen LogP contribution in [0.15, 0.2) is 177 Å². The Morgan fingerprint density at radius 1 is 0.463 bits per heavy atom. The number of thiophene rings is 1. The molecule has 9 aromatic rings. The highest BCUT2D eigenvalue weighted by Crippen LogP contribution is 2.45. The standard InChI is InChI=1S/C50H39N3S/c1-5-43-46-32-45-44-25-13-14-26-47(44)53(48(45)33-50(46)54-49(43)6-2)42-30-40(51(36-19-9-7-10-20-36)38-23-15-17-34(3)27-38)29-41(31-42)52(37-21-11-8-12-22-37)39-24-16-18-35(4)28-39/h5-33H,1-2H2,3-4H3. The Kier molecular flexibility index (Phi) is 8.45. The molecular weight excluding hydrogens is 675 g/mol. The van der Waals surface area contributed by atoms with Crippen molar-refractivity contribution in [1.29, 1.82) is 0 Å². The molecule has 0 aliphatic heterocycles. The first kappa shape index (κ1) is 33.2.